The Bertz CT molecular complexity index is 909. The zero-order valence-corrected chi connectivity index (χ0v) is 16.2. The second-order valence-electron chi connectivity index (χ2n) is 7.75. The molecule has 1 heterocycles. The summed E-state index contributed by atoms with van der Waals surface area (Å²) in [6.45, 7) is 6.66. The van der Waals surface area contributed by atoms with E-state index in [1.54, 1.807) is 0 Å². The van der Waals surface area contributed by atoms with Gasteiger partial charge in [-0.2, -0.15) is 0 Å². The van der Waals surface area contributed by atoms with Gasteiger partial charge in [0.15, 0.2) is 0 Å². The Hall–Kier alpha value is -2.64. The number of hydrogen-bond donors (Lipinski definition) is 0. The van der Waals surface area contributed by atoms with Crippen molar-refractivity contribution < 1.29 is 0 Å². The maximum absolute atomic E-state index is 2.64. The van der Waals surface area contributed by atoms with Crippen LogP contribution in [0, 0.1) is 5.92 Å². The van der Waals surface area contributed by atoms with E-state index in [1.807, 2.05) is 0 Å². The minimum absolute atomic E-state index is 0.403. The Morgan fingerprint density at radius 3 is 2.19 bits per heavy atom. The summed E-state index contributed by atoms with van der Waals surface area (Å²) < 4.78 is 0. The van der Waals surface area contributed by atoms with Crippen LogP contribution in [0.25, 0.3) is 11.6 Å². The summed E-state index contributed by atoms with van der Waals surface area (Å²) in [6, 6.07) is 30.9. The highest BCUT2D eigenvalue weighted by molar-refractivity contribution is 5.86. The summed E-state index contributed by atoms with van der Waals surface area (Å²) in [5.74, 6) is 0.539. The summed E-state index contributed by atoms with van der Waals surface area (Å²) in [4.78, 5) is 2.64. The second-order valence-corrected chi connectivity index (χ2v) is 7.75. The molecule has 0 saturated heterocycles. The smallest absolute Gasteiger partial charge is 0.0384 e. The molecule has 0 aliphatic carbocycles. The summed E-state index contributed by atoms with van der Waals surface area (Å²) in [5.41, 5.74) is 6.92. The molecule has 1 atom stereocenters. The normalized spacial score (nSPS) is 18.6. The van der Waals surface area contributed by atoms with Crippen LogP contribution < -0.4 is 0 Å². The van der Waals surface area contributed by atoms with Gasteiger partial charge in [-0.05, 0) is 39.8 Å². The molecule has 27 heavy (non-hydrogen) atoms. The molecule has 0 radical (unpaired) electrons. The lowest BCUT2D eigenvalue weighted by molar-refractivity contribution is 0.173. The minimum Gasteiger partial charge on any atom is -0.288 e. The van der Waals surface area contributed by atoms with Crippen molar-refractivity contribution in [2.45, 2.75) is 33.0 Å². The van der Waals surface area contributed by atoms with E-state index in [4.69, 9.17) is 0 Å². The molecule has 1 nitrogen and oxygen atoms in total. The third kappa shape index (κ3) is 3.89. The number of nitrogens with zero attached hydrogens (tertiary/aromatic N) is 1. The second kappa shape index (κ2) is 7.94. The molecule has 3 aromatic carbocycles. The lowest BCUT2D eigenvalue weighted by Crippen LogP contribution is -2.42. The van der Waals surface area contributed by atoms with Gasteiger partial charge < -0.3 is 0 Å². The van der Waals surface area contributed by atoms with Gasteiger partial charge in [0, 0.05) is 19.1 Å². The van der Waals surface area contributed by atoms with Gasteiger partial charge >= 0.3 is 0 Å². The van der Waals surface area contributed by atoms with Crippen molar-refractivity contribution in [1.82, 2.24) is 4.90 Å². The van der Waals surface area contributed by atoms with Crippen molar-refractivity contribution in [1.29, 1.82) is 0 Å². The number of hydrogen-bond acceptors (Lipinski definition) is 1. The summed E-state index contributed by atoms with van der Waals surface area (Å²) in [6.07, 6.45) is 2.39. The van der Waals surface area contributed by atoms with Crippen molar-refractivity contribution in [3.63, 3.8) is 0 Å². The highest BCUT2D eigenvalue weighted by atomic mass is 15.2. The first-order valence-electron chi connectivity index (χ1n) is 9.85. The fraction of sp³-hybridized carbons (Fsp3) is 0.231. The Balaban J connectivity index is 1.80. The molecule has 1 heteroatoms. The van der Waals surface area contributed by atoms with E-state index in [2.05, 4.69) is 110 Å². The molecule has 0 N–H and O–H groups in total. The number of rotatable bonds is 4. The number of fused-ring (bicyclic) bond motifs is 1. The largest absolute Gasteiger partial charge is 0.288 e. The fourth-order valence-electron chi connectivity index (χ4n) is 4.26. The van der Waals surface area contributed by atoms with E-state index in [9.17, 15) is 0 Å². The molecule has 0 spiro atoms. The van der Waals surface area contributed by atoms with E-state index in [1.165, 1.54) is 27.8 Å². The van der Waals surface area contributed by atoms with Gasteiger partial charge in [-0.1, -0.05) is 98.8 Å². The molecule has 1 aliphatic rings. The van der Waals surface area contributed by atoms with Gasteiger partial charge in [-0.15, -0.1) is 0 Å². The lowest BCUT2D eigenvalue weighted by Gasteiger charge is -2.41. The maximum Gasteiger partial charge on any atom is 0.0384 e. The van der Waals surface area contributed by atoms with Crippen LogP contribution in [0.1, 0.15) is 36.1 Å². The summed E-state index contributed by atoms with van der Waals surface area (Å²) >= 11 is 0. The van der Waals surface area contributed by atoms with Crippen molar-refractivity contribution >= 4 is 11.6 Å². The van der Waals surface area contributed by atoms with E-state index in [0.717, 1.165) is 13.1 Å². The van der Waals surface area contributed by atoms with Crippen LogP contribution in [0.3, 0.4) is 0 Å². The van der Waals surface area contributed by atoms with E-state index < -0.39 is 0 Å². The van der Waals surface area contributed by atoms with Gasteiger partial charge in [0.25, 0.3) is 0 Å². The van der Waals surface area contributed by atoms with Crippen LogP contribution in [-0.4, -0.2) is 10.9 Å². The van der Waals surface area contributed by atoms with Gasteiger partial charge in [0.2, 0.25) is 0 Å². The molecular formula is C26H27N. The van der Waals surface area contributed by atoms with Crippen LogP contribution in [0.15, 0.2) is 84.9 Å². The molecule has 1 aliphatic heterocycles. The van der Waals surface area contributed by atoms with Crippen LogP contribution in [0.2, 0.25) is 0 Å². The predicted molar refractivity (Wildman–Crippen MR) is 115 cm³/mol. The first kappa shape index (κ1) is 17.8. The van der Waals surface area contributed by atoms with Gasteiger partial charge in [0.1, 0.15) is 0 Å². The SMILES string of the molecule is CC(C)C1/C(=C\c2ccccc2)c2ccccc2CN1Cc1ccccc1. The van der Waals surface area contributed by atoms with Gasteiger partial charge in [-0.25, -0.2) is 0 Å². The Labute approximate surface area is 163 Å². The Morgan fingerprint density at radius 2 is 1.48 bits per heavy atom. The standard InChI is InChI=1S/C26H27N/c1-20(2)26-25(17-21-11-5-3-6-12-21)24-16-10-9-15-23(24)19-27(26)18-22-13-7-4-8-14-22/h3-17,20,26H,18-19H2,1-2H3/b25-17-. The molecule has 4 rings (SSSR count). The van der Waals surface area contributed by atoms with E-state index >= 15 is 0 Å². The van der Waals surface area contributed by atoms with Crippen LogP contribution in [-0.2, 0) is 13.1 Å². The lowest BCUT2D eigenvalue weighted by atomic mass is 9.82. The Morgan fingerprint density at radius 1 is 0.852 bits per heavy atom. The molecular weight excluding hydrogens is 326 g/mol. The summed E-state index contributed by atoms with van der Waals surface area (Å²) in [5, 5.41) is 0. The van der Waals surface area contributed by atoms with Crippen molar-refractivity contribution in [2.24, 2.45) is 5.92 Å². The molecule has 0 fully saturated rings. The molecule has 3 aromatic rings. The fourth-order valence-corrected chi connectivity index (χ4v) is 4.26. The first-order chi connectivity index (χ1) is 13.2. The predicted octanol–water partition coefficient (Wildman–Crippen LogP) is 6.27. The quantitative estimate of drug-likeness (QED) is 0.534. The first-order valence-corrected chi connectivity index (χ1v) is 9.85. The highest BCUT2D eigenvalue weighted by Crippen LogP contribution is 2.38. The van der Waals surface area contributed by atoms with Gasteiger partial charge in [0.05, 0.1) is 0 Å². The van der Waals surface area contributed by atoms with E-state index in [0.29, 0.717) is 12.0 Å². The molecule has 0 bridgehead atoms. The molecule has 1 unspecified atom stereocenters. The van der Waals surface area contributed by atoms with E-state index in [-0.39, 0.29) is 0 Å². The molecule has 0 saturated carbocycles. The van der Waals surface area contributed by atoms with Gasteiger partial charge in [-0.3, -0.25) is 4.90 Å². The molecule has 136 valence electrons. The summed E-state index contributed by atoms with van der Waals surface area (Å²) in [7, 11) is 0. The van der Waals surface area contributed by atoms with Crippen molar-refractivity contribution in [3.05, 3.63) is 107 Å². The van der Waals surface area contributed by atoms with Crippen LogP contribution in [0.5, 0.6) is 0 Å². The van der Waals surface area contributed by atoms with Crippen LogP contribution >= 0.6 is 0 Å². The molecule has 0 amide bonds. The Kier molecular flexibility index (Phi) is 5.22. The average molecular weight is 354 g/mol. The third-order valence-electron chi connectivity index (χ3n) is 5.40. The van der Waals surface area contributed by atoms with Crippen LogP contribution in [0.4, 0.5) is 0 Å². The zero-order valence-electron chi connectivity index (χ0n) is 16.2. The minimum atomic E-state index is 0.403. The molecule has 0 aromatic heterocycles. The zero-order chi connectivity index (χ0) is 18.6. The van der Waals surface area contributed by atoms with Crippen molar-refractivity contribution in [2.75, 3.05) is 0 Å². The van der Waals surface area contributed by atoms with Crippen molar-refractivity contribution in [3.8, 4) is 0 Å². The monoisotopic (exact) mass is 353 g/mol. The highest BCUT2D eigenvalue weighted by Gasteiger charge is 2.32. The average Bonchev–Trinajstić information content (AvgIpc) is 2.69. The maximum atomic E-state index is 2.64. The topological polar surface area (TPSA) is 3.24 Å². The number of benzene rings is 3. The third-order valence-corrected chi connectivity index (χ3v) is 5.40.